The zero-order chi connectivity index (χ0) is 22.0. The lowest BCUT2D eigenvalue weighted by atomic mass is 10.1. The topological polar surface area (TPSA) is 86.0 Å². The summed E-state index contributed by atoms with van der Waals surface area (Å²) in [6, 6.07) is 17.5. The summed E-state index contributed by atoms with van der Waals surface area (Å²) in [6.07, 6.45) is 1.49. The Morgan fingerprint density at radius 1 is 1.03 bits per heavy atom. The Hall–Kier alpha value is -3.71. The fourth-order valence-electron chi connectivity index (χ4n) is 3.32. The summed E-state index contributed by atoms with van der Waals surface area (Å²) in [4.78, 5) is 43.0. The predicted octanol–water partition coefficient (Wildman–Crippen LogP) is 3.21. The molecule has 0 bridgehead atoms. The van der Waals surface area contributed by atoms with Crippen molar-refractivity contribution in [3.05, 3.63) is 104 Å². The summed E-state index contributed by atoms with van der Waals surface area (Å²) in [6.45, 7) is 1.77. The maximum absolute atomic E-state index is 13.2. The van der Waals surface area contributed by atoms with E-state index in [1.54, 1.807) is 36.4 Å². The van der Waals surface area contributed by atoms with Gasteiger partial charge in [-0.15, -0.1) is 0 Å². The van der Waals surface area contributed by atoms with Crippen molar-refractivity contribution >= 4 is 34.2 Å². The van der Waals surface area contributed by atoms with Crippen LogP contribution >= 0.6 is 11.6 Å². The second kappa shape index (κ2) is 8.57. The van der Waals surface area contributed by atoms with E-state index in [9.17, 15) is 14.4 Å². The van der Waals surface area contributed by atoms with Crippen LogP contribution in [0.3, 0.4) is 0 Å². The van der Waals surface area contributed by atoms with Crippen LogP contribution in [-0.4, -0.2) is 20.0 Å². The number of fused-ring (bicyclic) bond motifs is 1. The van der Waals surface area contributed by atoms with E-state index in [1.165, 1.54) is 10.8 Å². The van der Waals surface area contributed by atoms with Crippen LogP contribution in [-0.2, 0) is 17.9 Å². The summed E-state index contributed by atoms with van der Waals surface area (Å²) >= 11 is 5.96. The third-order valence-electron chi connectivity index (χ3n) is 4.86. The molecule has 2 aromatic heterocycles. The zero-order valence-corrected chi connectivity index (χ0v) is 17.5. The largest absolute Gasteiger partial charge is 0.332 e. The monoisotopic (exact) mass is 434 g/mol. The molecule has 2 heterocycles. The molecule has 1 N–H and O–H groups in total. The maximum Gasteiger partial charge on any atom is 0.332 e. The summed E-state index contributed by atoms with van der Waals surface area (Å²) in [7, 11) is 0. The number of nitrogens with one attached hydrogen (secondary N) is 1. The third-order valence-corrected chi connectivity index (χ3v) is 5.09. The van der Waals surface area contributed by atoms with Crippen LogP contribution in [0, 0.1) is 6.92 Å². The van der Waals surface area contributed by atoms with Gasteiger partial charge >= 0.3 is 5.69 Å². The molecule has 4 rings (SSSR count). The molecule has 7 nitrogen and oxygen atoms in total. The van der Waals surface area contributed by atoms with Gasteiger partial charge in [0.1, 0.15) is 6.54 Å². The first-order valence-electron chi connectivity index (χ1n) is 9.62. The molecule has 0 aliphatic heterocycles. The van der Waals surface area contributed by atoms with E-state index in [2.05, 4.69) is 10.3 Å². The molecular weight excluding hydrogens is 416 g/mol. The minimum atomic E-state index is -0.577. The van der Waals surface area contributed by atoms with Gasteiger partial charge in [-0.3, -0.25) is 18.7 Å². The number of carbonyl (C=O) groups is 1. The molecule has 156 valence electrons. The first kappa shape index (κ1) is 20.6. The van der Waals surface area contributed by atoms with E-state index in [0.717, 1.165) is 15.7 Å². The van der Waals surface area contributed by atoms with Crippen molar-refractivity contribution in [3.63, 3.8) is 0 Å². The molecule has 4 aromatic rings. The van der Waals surface area contributed by atoms with Crippen molar-refractivity contribution in [2.45, 2.75) is 20.0 Å². The van der Waals surface area contributed by atoms with Crippen LogP contribution in [0.25, 0.3) is 11.0 Å². The number of aryl methyl sites for hydroxylation is 1. The summed E-state index contributed by atoms with van der Waals surface area (Å²) in [5, 5.41) is 3.20. The van der Waals surface area contributed by atoms with Crippen LogP contribution in [0.2, 0.25) is 5.02 Å². The normalized spacial score (nSPS) is 10.9. The Morgan fingerprint density at radius 2 is 1.81 bits per heavy atom. The number of nitrogens with zero attached hydrogens (tertiary/aromatic N) is 3. The Labute approximate surface area is 182 Å². The molecule has 0 spiro atoms. The van der Waals surface area contributed by atoms with Crippen LogP contribution in [0.15, 0.2) is 76.4 Å². The van der Waals surface area contributed by atoms with E-state index < -0.39 is 17.2 Å². The Balaban J connectivity index is 1.75. The number of amides is 1. The van der Waals surface area contributed by atoms with Crippen molar-refractivity contribution in [1.82, 2.24) is 14.1 Å². The van der Waals surface area contributed by atoms with Crippen molar-refractivity contribution in [2.75, 3.05) is 5.32 Å². The minimum Gasteiger partial charge on any atom is -0.324 e. The van der Waals surface area contributed by atoms with Gasteiger partial charge in [-0.25, -0.2) is 9.78 Å². The van der Waals surface area contributed by atoms with Crippen molar-refractivity contribution in [3.8, 4) is 0 Å². The highest BCUT2D eigenvalue weighted by Gasteiger charge is 2.16. The summed E-state index contributed by atoms with van der Waals surface area (Å²) in [5.74, 6) is -0.421. The van der Waals surface area contributed by atoms with Crippen molar-refractivity contribution < 1.29 is 4.79 Å². The highest BCUT2D eigenvalue weighted by Crippen LogP contribution is 2.15. The minimum absolute atomic E-state index is 0.0837. The summed E-state index contributed by atoms with van der Waals surface area (Å²) in [5.41, 5.74) is 1.76. The fraction of sp³-hybridized carbons (Fsp3) is 0.130. The smallest absolute Gasteiger partial charge is 0.324 e. The quantitative estimate of drug-likeness (QED) is 0.522. The summed E-state index contributed by atoms with van der Waals surface area (Å²) < 4.78 is 2.37. The number of hydrogen-bond acceptors (Lipinski definition) is 4. The van der Waals surface area contributed by atoms with E-state index in [-0.39, 0.29) is 18.6 Å². The van der Waals surface area contributed by atoms with E-state index in [0.29, 0.717) is 16.2 Å². The average molecular weight is 435 g/mol. The average Bonchev–Trinajstić information content (AvgIpc) is 2.75. The predicted molar refractivity (Wildman–Crippen MR) is 121 cm³/mol. The lowest BCUT2D eigenvalue weighted by Gasteiger charge is -2.14. The zero-order valence-electron chi connectivity index (χ0n) is 16.7. The first-order valence-corrected chi connectivity index (χ1v) is 9.99. The second-order valence-electron chi connectivity index (χ2n) is 7.18. The van der Waals surface area contributed by atoms with Crippen LogP contribution in [0.1, 0.15) is 11.1 Å². The number of hydrogen-bond donors (Lipinski definition) is 1. The number of pyridine rings is 1. The van der Waals surface area contributed by atoms with Gasteiger partial charge in [0.05, 0.1) is 12.1 Å². The number of anilines is 1. The molecule has 0 atom stereocenters. The van der Waals surface area contributed by atoms with Gasteiger partial charge in [0.25, 0.3) is 5.56 Å². The van der Waals surface area contributed by atoms with Crippen molar-refractivity contribution in [2.24, 2.45) is 0 Å². The standard InChI is InChI=1S/C23H19ClN4O3/c1-15-7-9-16(10-8-15)13-28-22(30)21-19(6-3-11-25-21)27(23(28)31)14-20(29)26-18-5-2-4-17(24)12-18/h2-12H,13-14H2,1H3,(H,26,29). The molecule has 31 heavy (non-hydrogen) atoms. The molecule has 0 saturated heterocycles. The lowest BCUT2D eigenvalue weighted by molar-refractivity contribution is -0.116. The second-order valence-corrected chi connectivity index (χ2v) is 7.61. The molecule has 2 aromatic carbocycles. The third kappa shape index (κ3) is 4.41. The number of benzene rings is 2. The molecule has 0 aliphatic rings. The molecule has 0 saturated carbocycles. The number of aromatic nitrogens is 3. The van der Waals surface area contributed by atoms with Gasteiger partial charge in [-0.05, 0) is 42.8 Å². The Morgan fingerprint density at radius 3 is 2.55 bits per heavy atom. The number of rotatable bonds is 5. The van der Waals surface area contributed by atoms with Gasteiger partial charge in [0, 0.05) is 16.9 Å². The highest BCUT2D eigenvalue weighted by atomic mass is 35.5. The Kier molecular flexibility index (Phi) is 5.68. The van der Waals surface area contributed by atoms with Crippen LogP contribution in [0.5, 0.6) is 0 Å². The van der Waals surface area contributed by atoms with Crippen LogP contribution < -0.4 is 16.6 Å². The Bertz CT molecular complexity index is 1390. The molecule has 0 unspecified atom stereocenters. The maximum atomic E-state index is 13.2. The van der Waals surface area contributed by atoms with Gasteiger partial charge < -0.3 is 5.32 Å². The van der Waals surface area contributed by atoms with E-state index in [1.807, 2.05) is 31.2 Å². The number of carbonyl (C=O) groups excluding carboxylic acids is 1. The van der Waals surface area contributed by atoms with Crippen LogP contribution in [0.4, 0.5) is 5.69 Å². The molecule has 0 fully saturated rings. The molecule has 0 radical (unpaired) electrons. The SMILES string of the molecule is Cc1ccc(Cn2c(=O)c3ncccc3n(CC(=O)Nc3cccc(Cl)c3)c2=O)cc1. The van der Waals surface area contributed by atoms with Gasteiger partial charge in [-0.2, -0.15) is 0 Å². The number of halogens is 1. The highest BCUT2D eigenvalue weighted by molar-refractivity contribution is 6.30. The molecule has 8 heteroatoms. The fourth-order valence-corrected chi connectivity index (χ4v) is 3.51. The van der Waals surface area contributed by atoms with E-state index >= 15 is 0 Å². The molecular formula is C23H19ClN4O3. The van der Waals surface area contributed by atoms with Gasteiger partial charge in [-0.1, -0.05) is 47.5 Å². The van der Waals surface area contributed by atoms with E-state index in [4.69, 9.17) is 11.6 Å². The van der Waals surface area contributed by atoms with Crippen molar-refractivity contribution in [1.29, 1.82) is 0 Å². The first-order chi connectivity index (χ1) is 14.9. The van der Waals surface area contributed by atoms with Gasteiger partial charge in [0.15, 0.2) is 5.52 Å². The molecule has 0 aliphatic carbocycles. The lowest BCUT2D eigenvalue weighted by Crippen LogP contribution is -2.42. The molecule has 1 amide bonds. The van der Waals surface area contributed by atoms with Gasteiger partial charge in [0.2, 0.25) is 5.91 Å².